The zero-order valence-electron chi connectivity index (χ0n) is 13.2. The molecule has 0 heterocycles. The minimum Gasteiger partial charge on any atom is -0.469 e. The maximum atomic E-state index is 10.8. The van der Waals surface area contributed by atoms with Crippen LogP contribution in [0.5, 0.6) is 0 Å². The fourth-order valence-electron chi connectivity index (χ4n) is 1.58. The number of ether oxygens (including phenoxy) is 1. The second-order valence-electron chi connectivity index (χ2n) is 4.56. The van der Waals surface area contributed by atoms with E-state index in [1.807, 2.05) is 0 Å². The molecule has 0 saturated heterocycles. The van der Waals surface area contributed by atoms with Crippen LogP contribution in [0.3, 0.4) is 0 Å². The van der Waals surface area contributed by atoms with Gasteiger partial charge in [0.25, 0.3) is 0 Å². The van der Waals surface area contributed by atoms with Crippen molar-refractivity contribution in [3.05, 3.63) is 11.1 Å². The first kappa shape index (κ1) is 20.4. The Kier molecular flexibility index (Phi) is 16.1. The van der Waals surface area contributed by atoms with Gasteiger partial charge in [-0.15, -0.1) is 0 Å². The van der Waals surface area contributed by atoms with Crippen LogP contribution in [-0.2, 0) is 9.53 Å². The highest BCUT2D eigenvalue weighted by atomic mass is 79.9. The van der Waals surface area contributed by atoms with Crippen LogP contribution in [0.4, 0.5) is 0 Å². The molecule has 0 spiro atoms. The Morgan fingerprint density at radius 3 is 2.14 bits per heavy atom. The summed E-state index contributed by atoms with van der Waals surface area (Å²) in [6.07, 6.45) is 10.2. The van der Waals surface area contributed by atoms with Crippen LogP contribution < -0.4 is 0 Å². The number of unbranched alkanes of at least 4 members (excludes halogenated alkanes) is 6. The number of rotatable bonds is 8. The van der Waals surface area contributed by atoms with E-state index in [-0.39, 0.29) is 5.97 Å². The molecule has 0 radical (unpaired) electrons. The van der Waals surface area contributed by atoms with Crippen molar-refractivity contribution in [3.8, 4) is 35.5 Å². The van der Waals surface area contributed by atoms with Gasteiger partial charge in [0, 0.05) is 25.7 Å². The van der Waals surface area contributed by atoms with Gasteiger partial charge in [0.05, 0.1) is 7.11 Å². The monoisotopic (exact) mass is 362 g/mol. The molecule has 0 atom stereocenters. The molecule has 0 amide bonds. The van der Waals surface area contributed by atoms with Gasteiger partial charge in [-0.25, -0.2) is 0 Å². The molecule has 118 valence electrons. The SMILES string of the molecule is COC(=O)CCCC#CC#CCCCCCCC#CC=CBr. The minimum absolute atomic E-state index is 0.182. The molecule has 0 aromatic rings. The number of esters is 1. The van der Waals surface area contributed by atoms with E-state index < -0.39 is 0 Å². The van der Waals surface area contributed by atoms with Crippen molar-refractivity contribution in [1.82, 2.24) is 0 Å². The quantitative estimate of drug-likeness (QED) is 0.358. The minimum atomic E-state index is -0.182. The van der Waals surface area contributed by atoms with Crippen molar-refractivity contribution in [2.75, 3.05) is 7.11 Å². The molecule has 22 heavy (non-hydrogen) atoms. The van der Waals surface area contributed by atoms with E-state index in [0.29, 0.717) is 12.8 Å². The molecule has 0 unspecified atom stereocenters. The number of hydrogen-bond donors (Lipinski definition) is 0. The van der Waals surface area contributed by atoms with Crippen molar-refractivity contribution in [3.63, 3.8) is 0 Å². The van der Waals surface area contributed by atoms with Gasteiger partial charge in [-0.05, 0) is 42.2 Å². The molecule has 2 nitrogen and oxygen atoms in total. The molecule has 3 heteroatoms. The van der Waals surface area contributed by atoms with Crippen LogP contribution >= 0.6 is 15.9 Å². The van der Waals surface area contributed by atoms with Crippen molar-refractivity contribution >= 4 is 21.9 Å². The fraction of sp³-hybridized carbons (Fsp3) is 0.526. The Morgan fingerprint density at radius 2 is 1.55 bits per heavy atom. The number of carbonyl (C=O) groups is 1. The molecule has 0 rings (SSSR count). The summed E-state index contributed by atoms with van der Waals surface area (Å²) in [7, 11) is 1.40. The van der Waals surface area contributed by atoms with E-state index in [2.05, 4.69) is 56.2 Å². The molecule has 0 fully saturated rings. The lowest BCUT2D eigenvalue weighted by Gasteiger charge is -1.94. The van der Waals surface area contributed by atoms with E-state index >= 15 is 0 Å². The van der Waals surface area contributed by atoms with E-state index in [0.717, 1.165) is 32.1 Å². The molecular formula is C19H23BrO2. The third-order valence-electron chi connectivity index (χ3n) is 2.75. The molecule has 0 bridgehead atoms. The fourth-order valence-corrected chi connectivity index (χ4v) is 1.71. The highest BCUT2D eigenvalue weighted by Crippen LogP contribution is 2.04. The average molecular weight is 363 g/mol. The standard InChI is InChI=1S/C19H23BrO2/c1-22-19(21)17-15-13-11-9-7-5-3-2-4-6-8-10-12-14-16-18-20/h16,18H,2-4,6,8,10,13,15,17H2,1H3. The number of allylic oxidation sites excluding steroid dienone is 1. The summed E-state index contributed by atoms with van der Waals surface area (Å²) < 4.78 is 4.55. The molecular weight excluding hydrogens is 340 g/mol. The maximum Gasteiger partial charge on any atom is 0.305 e. The normalized spacial score (nSPS) is 9.00. The predicted molar refractivity (Wildman–Crippen MR) is 95.0 cm³/mol. The molecule has 0 aliphatic rings. The Labute approximate surface area is 143 Å². The molecule has 0 aromatic heterocycles. The van der Waals surface area contributed by atoms with E-state index in [9.17, 15) is 4.79 Å². The number of hydrogen-bond acceptors (Lipinski definition) is 2. The van der Waals surface area contributed by atoms with E-state index in [1.54, 1.807) is 11.1 Å². The van der Waals surface area contributed by atoms with Crippen molar-refractivity contribution in [2.45, 2.75) is 57.8 Å². The largest absolute Gasteiger partial charge is 0.469 e. The summed E-state index contributed by atoms with van der Waals surface area (Å²) in [6.45, 7) is 0. The van der Waals surface area contributed by atoms with E-state index in [1.165, 1.54) is 20.0 Å². The highest BCUT2D eigenvalue weighted by Gasteiger charge is 1.96. The van der Waals surface area contributed by atoms with Crippen molar-refractivity contribution in [1.29, 1.82) is 0 Å². The first-order chi connectivity index (χ1) is 10.8. The van der Waals surface area contributed by atoms with Crippen molar-refractivity contribution < 1.29 is 9.53 Å². The van der Waals surface area contributed by atoms with Gasteiger partial charge in [-0.2, -0.15) is 0 Å². The molecule has 0 aliphatic carbocycles. The lowest BCUT2D eigenvalue weighted by Crippen LogP contribution is -1.98. The summed E-state index contributed by atoms with van der Waals surface area (Å²) in [5.74, 6) is 17.5. The Morgan fingerprint density at radius 1 is 0.955 bits per heavy atom. The summed E-state index contributed by atoms with van der Waals surface area (Å²) in [5.41, 5.74) is 0. The smallest absolute Gasteiger partial charge is 0.305 e. The van der Waals surface area contributed by atoms with Gasteiger partial charge in [0.2, 0.25) is 0 Å². The van der Waals surface area contributed by atoms with Crippen LogP contribution in [0.15, 0.2) is 11.1 Å². The van der Waals surface area contributed by atoms with Gasteiger partial charge < -0.3 is 4.74 Å². The number of methoxy groups -OCH3 is 1. The van der Waals surface area contributed by atoms with Crippen LogP contribution in [0.1, 0.15) is 57.8 Å². The topological polar surface area (TPSA) is 26.3 Å². The van der Waals surface area contributed by atoms with Crippen LogP contribution in [-0.4, -0.2) is 13.1 Å². The Balaban J connectivity index is 3.43. The lowest BCUT2D eigenvalue weighted by molar-refractivity contribution is -0.140. The summed E-state index contributed by atoms with van der Waals surface area (Å²) >= 11 is 3.18. The molecule has 0 aromatic carbocycles. The van der Waals surface area contributed by atoms with Gasteiger partial charge in [-0.1, -0.05) is 52.5 Å². The van der Waals surface area contributed by atoms with Crippen molar-refractivity contribution in [2.24, 2.45) is 0 Å². The maximum absolute atomic E-state index is 10.8. The first-order valence-corrected chi connectivity index (χ1v) is 8.49. The van der Waals surface area contributed by atoms with Gasteiger partial charge in [0.15, 0.2) is 0 Å². The second kappa shape index (κ2) is 17.4. The first-order valence-electron chi connectivity index (χ1n) is 7.57. The third kappa shape index (κ3) is 16.4. The Bertz CT molecular complexity index is 501. The lowest BCUT2D eigenvalue weighted by atomic mass is 10.1. The summed E-state index contributed by atoms with van der Waals surface area (Å²) in [6, 6.07) is 0. The average Bonchev–Trinajstić information content (AvgIpc) is 2.54. The third-order valence-corrected chi connectivity index (χ3v) is 3.02. The second-order valence-corrected chi connectivity index (χ2v) is 5.09. The summed E-state index contributed by atoms with van der Waals surface area (Å²) in [5, 5.41) is 0. The molecule has 0 aliphatic heterocycles. The summed E-state index contributed by atoms with van der Waals surface area (Å²) in [4.78, 5) is 12.6. The van der Waals surface area contributed by atoms with Gasteiger partial charge >= 0.3 is 5.97 Å². The number of carbonyl (C=O) groups excluding carboxylic acids is 1. The molecule has 0 N–H and O–H groups in total. The zero-order valence-corrected chi connectivity index (χ0v) is 14.8. The van der Waals surface area contributed by atoms with Crippen LogP contribution in [0.2, 0.25) is 0 Å². The zero-order chi connectivity index (χ0) is 16.3. The van der Waals surface area contributed by atoms with Crippen LogP contribution in [0.25, 0.3) is 0 Å². The van der Waals surface area contributed by atoms with Crippen LogP contribution in [0, 0.1) is 35.5 Å². The highest BCUT2D eigenvalue weighted by molar-refractivity contribution is 9.11. The van der Waals surface area contributed by atoms with Gasteiger partial charge in [-0.3, -0.25) is 4.79 Å². The van der Waals surface area contributed by atoms with Gasteiger partial charge in [0.1, 0.15) is 0 Å². The predicted octanol–water partition coefficient (Wildman–Crippen LogP) is 4.59. The van der Waals surface area contributed by atoms with E-state index in [4.69, 9.17) is 0 Å². The number of halogens is 1. The molecule has 0 saturated carbocycles. The Hall–Kier alpha value is -1.63.